The van der Waals surface area contributed by atoms with E-state index in [0.717, 1.165) is 11.3 Å². The van der Waals surface area contributed by atoms with E-state index >= 15 is 0 Å². The largest absolute Gasteiger partial charge is 0.339 e. The van der Waals surface area contributed by atoms with Gasteiger partial charge < -0.3 is 14.7 Å². The predicted molar refractivity (Wildman–Crippen MR) is 91.0 cm³/mol. The lowest BCUT2D eigenvalue weighted by molar-refractivity contribution is -0.130. The van der Waals surface area contributed by atoms with Crippen molar-refractivity contribution in [3.63, 3.8) is 0 Å². The number of carbonyl (C=O) groups is 3. The molecular weight excluding hydrogens is 306 g/mol. The summed E-state index contributed by atoms with van der Waals surface area (Å²) in [5, 5.41) is 0. The van der Waals surface area contributed by atoms with Crippen LogP contribution in [0.4, 0.5) is 5.69 Å². The Kier molecular flexibility index (Phi) is 3.86. The molecule has 1 aromatic rings. The van der Waals surface area contributed by atoms with E-state index in [1.807, 2.05) is 26.0 Å². The molecular formula is C18H23N3O3. The van der Waals surface area contributed by atoms with Gasteiger partial charge in [-0.3, -0.25) is 14.4 Å². The number of fused-ring (bicyclic) bond motifs is 1. The molecule has 0 bridgehead atoms. The van der Waals surface area contributed by atoms with Crippen LogP contribution in [0.3, 0.4) is 0 Å². The van der Waals surface area contributed by atoms with Gasteiger partial charge in [0.1, 0.15) is 0 Å². The van der Waals surface area contributed by atoms with Crippen molar-refractivity contribution in [3.05, 3.63) is 29.3 Å². The molecule has 2 heterocycles. The number of hydrogen-bond donors (Lipinski definition) is 0. The highest BCUT2D eigenvalue weighted by Crippen LogP contribution is 2.41. The second-order valence-electron chi connectivity index (χ2n) is 7.02. The van der Waals surface area contributed by atoms with Gasteiger partial charge in [0.25, 0.3) is 5.91 Å². The molecule has 1 fully saturated rings. The molecule has 0 atom stereocenters. The zero-order valence-electron chi connectivity index (χ0n) is 14.6. The van der Waals surface area contributed by atoms with E-state index in [2.05, 4.69) is 0 Å². The van der Waals surface area contributed by atoms with Crippen LogP contribution < -0.4 is 4.90 Å². The third-order valence-electron chi connectivity index (χ3n) is 5.13. The number of amides is 3. The average molecular weight is 329 g/mol. The smallest absolute Gasteiger partial charge is 0.253 e. The Balaban J connectivity index is 1.82. The van der Waals surface area contributed by atoms with Crippen molar-refractivity contribution in [3.8, 4) is 0 Å². The van der Waals surface area contributed by atoms with Crippen LogP contribution in [0.5, 0.6) is 0 Å². The zero-order valence-corrected chi connectivity index (χ0v) is 14.6. The zero-order chi connectivity index (χ0) is 17.6. The Morgan fingerprint density at radius 2 is 1.62 bits per heavy atom. The van der Waals surface area contributed by atoms with Crippen molar-refractivity contribution in [2.45, 2.75) is 26.2 Å². The number of likely N-dealkylation sites (N-methyl/N-ethyl adjacent to an activating group) is 1. The summed E-state index contributed by atoms with van der Waals surface area (Å²) in [6.45, 7) is 7.54. The highest BCUT2D eigenvalue weighted by molar-refractivity contribution is 6.08. The van der Waals surface area contributed by atoms with Crippen LogP contribution >= 0.6 is 0 Å². The van der Waals surface area contributed by atoms with Crippen LogP contribution in [0, 0.1) is 0 Å². The monoisotopic (exact) mass is 329 g/mol. The summed E-state index contributed by atoms with van der Waals surface area (Å²) < 4.78 is 0. The van der Waals surface area contributed by atoms with Crippen LogP contribution in [-0.2, 0) is 15.0 Å². The maximum Gasteiger partial charge on any atom is 0.253 e. The van der Waals surface area contributed by atoms with Crippen molar-refractivity contribution >= 4 is 23.4 Å². The fourth-order valence-corrected chi connectivity index (χ4v) is 3.51. The van der Waals surface area contributed by atoms with E-state index in [9.17, 15) is 14.4 Å². The van der Waals surface area contributed by atoms with Crippen LogP contribution in [0.25, 0.3) is 0 Å². The summed E-state index contributed by atoms with van der Waals surface area (Å²) in [5.74, 6) is 0.0407. The first-order valence-electron chi connectivity index (χ1n) is 8.21. The van der Waals surface area contributed by atoms with Gasteiger partial charge >= 0.3 is 0 Å². The van der Waals surface area contributed by atoms with E-state index in [0.29, 0.717) is 31.7 Å². The molecule has 3 amide bonds. The molecule has 1 aromatic carbocycles. The molecule has 0 aromatic heterocycles. The van der Waals surface area contributed by atoms with E-state index < -0.39 is 5.41 Å². The standard InChI is InChI=1S/C18H23N3O3/c1-12(22)20-7-9-21(10-8-20)16(23)13-5-6-15-14(11-13)18(2,3)17(24)19(15)4/h5-6,11H,7-10H2,1-4H3. The number of carbonyl (C=O) groups excluding carboxylic acids is 3. The lowest BCUT2D eigenvalue weighted by Crippen LogP contribution is -2.50. The fourth-order valence-electron chi connectivity index (χ4n) is 3.51. The maximum absolute atomic E-state index is 12.8. The third kappa shape index (κ3) is 2.46. The number of benzene rings is 1. The van der Waals surface area contributed by atoms with Gasteiger partial charge in [0.15, 0.2) is 0 Å². The molecule has 0 N–H and O–H groups in total. The molecule has 24 heavy (non-hydrogen) atoms. The fraction of sp³-hybridized carbons (Fsp3) is 0.500. The van der Waals surface area contributed by atoms with E-state index in [1.54, 1.807) is 34.7 Å². The minimum absolute atomic E-state index is 0.0390. The number of nitrogens with zero attached hydrogens (tertiary/aromatic N) is 3. The molecule has 0 radical (unpaired) electrons. The van der Waals surface area contributed by atoms with Crippen molar-refractivity contribution < 1.29 is 14.4 Å². The Bertz CT molecular complexity index is 718. The van der Waals surface area contributed by atoms with Crippen molar-refractivity contribution in [2.24, 2.45) is 0 Å². The summed E-state index contributed by atoms with van der Waals surface area (Å²) in [5.41, 5.74) is 1.74. The highest BCUT2D eigenvalue weighted by atomic mass is 16.2. The number of rotatable bonds is 1. The van der Waals surface area contributed by atoms with Gasteiger partial charge in [-0.1, -0.05) is 0 Å². The van der Waals surface area contributed by atoms with E-state index in [4.69, 9.17) is 0 Å². The second-order valence-corrected chi connectivity index (χ2v) is 7.02. The summed E-state index contributed by atoms with van der Waals surface area (Å²) in [6.07, 6.45) is 0. The van der Waals surface area contributed by atoms with Gasteiger partial charge in [-0.05, 0) is 37.6 Å². The average Bonchev–Trinajstić information content (AvgIpc) is 2.75. The quantitative estimate of drug-likeness (QED) is 0.779. The Morgan fingerprint density at radius 1 is 1.04 bits per heavy atom. The third-order valence-corrected chi connectivity index (χ3v) is 5.13. The molecule has 6 heteroatoms. The topological polar surface area (TPSA) is 60.9 Å². The van der Waals surface area contributed by atoms with Crippen LogP contribution in [0.2, 0.25) is 0 Å². The molecule has 2 aliphatic rings. The first kappa shape index (κ1) is 16.5. The Morgan fingerprint density at radius 3 is 2.21 bits per heavy atom. The first-order valence-corrected chi connectivity index (χ1v) is 8.21. The predicted octanol–water partition coefficient (Wildman–Crippen LogP) is 1.24. The number of piperazine rings is 1. The van der Waals surface area contributed by atoms with Crippen molar-refractivity contribution in [1.29, 1.82) is 0 Å². The summed E-state index contributed by atoms with van der Waals surface area (Å²) in [6, 6.07) is 5.47. The molecule has 3 rings (SSSR count). The van der Waals surface area contributed by atoms with Crippen LogP contribution in [-0.4, -0.2) is 60.7 Å². The van der Waals surface area contributed by atoms with E-state index in [1.165, 1.54) is 0 Å². The Hall–Kier alpha value is -2.37. The molecule has 128 valence electrons. The van der Waals surface area contributed by atoms with Crippen molar-refractivity contribution in [2.75, 3.05) is 38.1 Å². The van der Waals surface area contributed by atoms with Gasteiger partial charge in [0.2, 0.25) is 11.8 Å². The van der Waals surface area contributed by atoms with E-state index in [-0.39, 0.29) is 17.7 Å². The van der Waals surface area contributed by atoms with Gasteiger partial charge in [-0.15, -0.1) is 0 Å². The van der Waals surface area contributed by atoms with Crippen LogP contribution in [0.1, 0.15) is 36.7 Å². The van der Waals surface area contributed by atoms with Crippen molar-refractivity contribution in [1.82, 2.24) is 9.80 Å². The molecule has 2 aliphatic heterocycles. The molecule has 0 unspecified atom stereocenters. The highest BCUT2D eigenvalue weighted by Gasteiger charge is 2.42. The normalized spacial score (nSPS) is 19.5. The van der Waals surface area contributed by atoms with Gasteiger partial charge in [0, 0.05) is 51.4 Å². The summed E-state index contributed by atoms with van der Waals surface area (Å²) in [4.78, 5) is 41.7. The minimum Gasteiger partial charge on any atom is -0.339 e. The maximum atomic E-state index is 12.8. The lowest BCUT2D eigenvalue weighted by atomic mass is 9.85. The first-order chi connectivity index (χ1) is 11.2. The number of anilines is 1. The van der Waals surface area contributed by atoms with Gasteiger partial charge in [-0.2, -0.15) is 0 Å². The molecule has 0 saturated carbocycles. The SMILES string of the molecule is CC(=O)N1CCN(C(=O)c2ccc3c(c2)C(C)(C)C(=O)N3C)CC1. The molecule has 1 saturated heterocycles. The summed E-state index contributed by atoms with van der Waals surface area (Å²) in [7, 11) is 1.76. The Labute approximate surface area is 142 Å². The molecule has 0 spiro atoms. The second kappa shape index (κ2) is 5.61. The lowest BCUT2D eigenvalue weighted by Gasteiger charge is -2.34. The van der Waals surface area contributed by atoms with Gasteiger partial charge in [-0.25, -0.2) is 0 Å². The van der Waals surface area contributed by atoms with Crippen LogP contribution in [0.15, 0.2) is 18.2 Å². The molecule has 6 nitrogen and oxygen atoms in total. The summed E-state index contributed by atoms with van der Waals surface area (Å²) >= 11 is 0. The minimum atomic E-state index is -0.617. The van der Waals surface area contributed by atoms with Gasteiger partial charge in [0.05, 0.1) is 5.41 Å². The number of hydrogen-bond acceptors (Lipinski definition) is 3. The molecule has 0 aliphatic carbocycles.